The maximum absolute atomic E-state index is 12.9. The van der Waals surface area contributed by atoms with Crippen LogP contribution in [0.5, 0.6) is 0 Å². The van der Waals surface area contributed by atoms with Crippen molar-refractivity contribution in [2.24, 2.45) is 23.2 Å². The highest BCUT2D eigenvalue weighted by molar-refractivity contribution is 8.00. The lowest BCUT2D eigenvalue weighted by Gasteiger charge is -2.55. The van der Waals surface area contributed by atoms with Crippen LogP contribution < -0.4 is 10.9 Å². The Morgan fingerprint density at radius 2 is 1.56 bits per heavy atom. The van der Waals surface area contributed by atoms with Crippen LogP contribution in [0.1, 0.15) is 38.5 Å². The van der Waals surface area contributed by atoms with Gasteiger partial charge in [0.1, 0.15) is 5.82 Å². The molecule has 0 aromatic heterocycles. The molecule has 25 heavy (non-hydrogen) atoms. The largest absolute Gasteiger partial charge is 0.273 e. The maximum atomic E-state index is 12.9. The van der Waals surface area contributed by atoms with Gasteiger partial charge in [-0.25, -0.2) is 4.39 Å². The van der Waals surface area contributed by atoms with Gasteiger partial charge in [0.15, 0.2) is 0 Å². The number of nitrogens with one attached hydrogen (secondary N) is 2. The van der Waals surface area contributed by atoms with E-state index < -0.39 is 0 Å². The quantitative estimate of drug-likeness (QED) is 0.638. The van der Waals surface area contributed by atoms with E-state index in [4.69, 9.17) is 0 Å². The molecule has 0 atom stereocenters. The van der Waals surface area contributed by atoms with Crippen molar-refractivity contribution >= 4 is 23.6 Å². The highest BCUT2D eigenvalue weighted by Crippen LogP contribution is 2.60. The molecule has 0 spiro atoms. The first-order valence-electron chi connectivity index (χ1n) is 9.00. The molecule has 4 nitrogen and oxygen atoms in total. The summed E-state index contributed by atoms with van der Waals surface area (Å²) in [5, 5.41) is 0. The van der Waals surface area contributed by atoms with Gasteiger partial charge in [0.05, 0.1) is 11.2 Å². The molecule has 4 aliphatic carbocycles. The Kier molecular flexibility index (Phi) is 4.48. The number of benzene rings is 1. The second-order valence-electron chi connectivity index (χ2n) is 7.94. The maximum Gasteiger partial charge on any atom is 0.248 e. The van der Waals surface area contributed by atoms with Gasteiger partial charge in [0, 0.05) is 4.90 Å². The number of carbonyl (C=O) groups is 2. The van der Waals surface area contributed by atoms with Crippen molar-refractivity contribution in [1.29, 1.82) is 0 Å². The van der Waals surface area contributed by atoms with E-state index in [-0.39, 0.29) is 28.8 Å². The van der Waals surface area contributed by atoms with Crippen molar-refractivity contribution in [2.75, 3.05) is 5.75 Å². The summed E-state index contributed by atoms with van der Waals surface area (Å²) in [4.78, 5) is 25.6. The number of hydrogen-bond acceptors (Lipinski definition) is 3. The van der Waals surface area contributed by atoms with Crippen LogP contribution in [0, 0.1) is 29.0 Å². The van der Waals surface area contributed by atoms with Gasteiger partial charge in [-0.2, -0.15) is 0 Å². The first kappa shape index (κ1) is 16.9. The Bertz CT molecular complexity index is 641. The van der Waals surface area contributed by atoms with Gasteiger partial charge in [-0.05, 0) is 80.5 Å². The average Bonchev–Trinajstić information content (AvgIpc) is 2.58. The summed E-state index contributed by atoms with van der Waals surface area (Å²) in [6.07, 6.45) is 6.79. The van der Waals surface area contributed by atoms with Crippen LogP contribution in [0.3, 0.4) is 0 Å². The van der Waals surface area contributed by atoms with Crippen molar-refractivity contribution in [3.63, 3.8) is 0 Å². The second-order valence-corrected chi connectivity index (χ2v) is 8.99. The number of carbonyl (C=O) groups excluding carboxylic acids is 2. The molecule has 0 unspecified atom stereocenters. The Morgan fingerprint density at radius 1 is 1.00 bits per heavy atom. The average molecular weight is 362 g/mol. The number of hydrogen-bond donors (Lipinski definition) is 2. The molecule has 0 saturated heterocycles. The molecular formula is C19H23FN2O2S. The minimum absolute atomic E-state index is 0.00766. The van der Waals surface area contributed by atoms with Gasteiger partial charge in [0.2, 0.25) is 11.8 Å². The highest BCUT2D eigenvalue weighted by atomic mass is 32.2. The molecule has 1 aromatic carbocycles. The minimum Gasteiger partial charge on any atom is -0.273 e. The van der Waals surface area contributed by atoms with E-state index in [0.717, 1.165) is 24.2 Å². The molecule has 5 rings (SSSR count). The monoisotopic (exact) mass is 362 g/mol. The van der Waals surface area contributed by atoms with Crippen LogP contribution in [-0.2, 0) is 9.59 Å². The third-order valence-corrected chi connectivity index (χ3v) is 7.03. The molecule has 4 fully saturated rings. The van der Waals surface area contributed by atoms with E-state index in [0.29, 0.717) is 17.8 Å². The number of thioether (sulfide) groups is 1. The normalized spacial score (nSPS) is 32.4. The molecule has 4 bridgehead atoms. The molecule has 6 heteroatoms. The van der Waals surface area contributed by atoms with Gasteiger partial charge < -0.3 is 0 Å². The van der Waals surface area contributed by atoms with E-state index in [1.807, 2.05) is 0 Å². The van der Waals surface area contributed by atoms with Crippen LogP contribution in [0.4, 0.5) is 4.39 Å². The molecule has 2 N–H and O–H groups in total. The lowest BCUT2D eigenvalue weighted by Crippen LogP contribution is -2.56. The van der Waals surface area contributed by atoms with Gasteiger partial charge >= 0.3 is 0 Å². The van der Waals surface area contributed by atoms with Crippen molar-refractivity contribution in [3.8, 4) is 0 Å². The summed E-state index contributed by atoms with van der Waals surface area (Å²) < 4.78 is 12.9. The van der Waals surface area contributed by atoms with Crippen molar-refractivity contribution in [2.45, 2.75) is 43.4 Å². The van der Waals surface area contributed by atoms with E-state index in [2.05, 4.69) is 10.9 Å². The Balaban J connectivity index is 1.27. The summed E-state index contributed by atoms with van der Waals surface area (Å²) in [7, 11) is 0. The predicted molar refractivity (Wildman–Crippen MR) is 94.0 cm³/mol. The fraction of sp³-hybridized carbons (Fsp3) is 0.579. The molecule has 0 radical (unpaired) electrons. The van der Waals surface area contributed by atoms with Crippen LogP contribution in [0.25, 0.3) is 0 Å². The first-order chi connectivity index (χ1) is 12.0. The first-order valence-corrected chi connectivity index (χ1v) is 9.99. The Hall–Kier alpha value is -1.56. The fourth-order valence-corrected chi connectivity index (χ4v) is 6.06. The molecule has 0 heterocycles. The summed E-state index contributed by atoms with van der Waals surface area (Å²) in [5.41, 5.74) is 4.97. The molecular weight excluding hydrogens is 339 g/mol. The number of amides is 2. The zero-order chi connectivity index (χ0) is 17.4. The zero-order valence-corrected chi connectivity index (χ0v) is 14.9. The number of hydrazine groups is 1. The lowest BCUT2D eigenvalue weighted by molar-refractivity contribution is -0.148. The summed E-state index contributed by atoms with van der Waals surface area (Å²) in [6, 6.07) is 6.02. The van der Waals surface area contributed by atoms with Crippen molar-refractivity contribution in [1.82, 2.24) is 10.9 Å². The van der Waals surface area contributed by atoms with E-state index in [1.165, 1.54) is 43.2 Å². The lowest BCUT2D eigenvalue weighted by atomic mass is 9.49. The Morgan fingerprint density at radius 3 is 2.12 bits per heavy atom. The van der Waals surface area contributed by atoms with Crippen LogP contribution in [-0.4, -0.2) is 17.6 Å². The molecule has 134 valence electrons. The molecule has 0 aliphatic heterocycles. The Labute approximate surface area is 151 Å². The molecule has 1 aromatic rings. The van der Waals surface area contributed by atoms with E-state index in [9.17, 15) is 14.0 Å². The summed E-state index contributed by atoms with van der Waals surface area (Å²) in [5.74, 6) is 1.73. The fourth-order valence-electron chi connectivity index (χ4n) is 5.36. The van der Waals surface area contributed by atoms with Gasteiger partial charge in [0.25, 0.3) is 0 Å². The third kappa shape index (κ3) is 3.54. The topological polar surface area (TPSA) is 58.2 Å². The second kappa shape index (κ2) is 6.63. The van der Waals surface area contributed by atoms with Crippen molar-refractivity contribution < 1.29 is 14.0 Å². The zero-order valence-electron chi connectivity index (χ0n) is 14.1. The third-order valence-electron chi connectivity index (χ3n) is 6.02. The van der Waals surface area contributed by atoms with E-state index in [1.54, 1.807) is 12.1 Å². The van der Waals surface area contributed by atoms with Crippen LogP contribution in [0.15, 0.2) is 29.2 Å². The van der Waals surface area contributed by atoms with Crippen LogP contribution in [0.2, 0.25) is 0 Å². The van der Waals surface area contributed by atoms with Gasteiger partial charge in [-0.1, -0.05) is 0 Å². The van der Waals surface area contributed by atoms with Crippen LogP contribution >= 0.6 is 11.8 Å². The molecule has 4 aliphatic rings. The van der Waals surface area contributed by atoms with Gasteiger partial charge in [-0.3, -0.25) is 20.4 Å². The van der Waals surface area contributed by atoms with E-state index >= 15 is 0 Å². The van der Waals surface area contributed by atoms with Gasteiger partial charge in [-0.15, -0.1) is 11.8 Å². The smallest absolute Gasteiger partial charge is 0.248 e. The predicted octanol–water partition coefficient (Wildman–Crippen LogP) is 3.28. The number of rotatable bonds is 4. The minimum atomic E-state index is -0.295. The van der Waals surface area contributed by atoms with Crippen molar-refractivity contribution in [3.05, 3.63) is 30.1 Å². The summed E-state index contributed by atoms with van der Waals surface area (Å²) >= 11 is 1.32. The molecule has 4 saturated carbocycles. The highest BCUT2D eigenvalue weighted by Gasteiger charge is 2.54. The standard InChI is InChI=1S/C19H23FN2O2S/c20-15-1-3-16(4-2-15)25-11-17(23)21-22-18(24)19-8-12-5-13(9-19)7-14(6-12)10-19/h1-4,12-14H,5-11H2,(H,21,23)(H,22,24). The molecule has 2 amide bonds. The SMILES string of the molecule is O=C(CSc1ccc(F)cc1)NNC(=O)C12CC3CC(CC(C3)C1)C2. The summed E-state index contributed by atoms with van der Waals surface area (Å²) in [6.45, 7) is 0. The number of halogens is 1.